The lowest BCUT2D eigenvalue weighted by Gasteiger charge is -2.36. The van der Waals surface area contributed by atoms with Crippen molar-refractivity contribution in [3.63, 3.8) is 0 Å². The van der Waals surface area contributed by atoms with Crippen LogP contribution >= 0.6 is 35.6 Å². The van der Waals surface area contributed by atoms with Crippen molar-refractivity contribution in [3.05, 3.63) is 34.9 Å². The Morgan fingerprint density at radius 1 is 1.21 bits per heavy atom. The summed E-state index contributed by atoms with van der Waals surface area (Å²) in [5.41, 5.74) is 0.726. The zero-order valence-corrected chi connectivity index (χ0v) is 19.8. The number of aliphatic hydroxyl groups is 1. The van der Waals surface area contributed by atoms with E-state index in [1.54, 1.807) is 6.07 Å². The third kappa shape index (κ3) is 6.75. The van der Waals surface area contributed by atoms with Crippen LogP contribution in [0, 0.1) is 0 Å². The highest BCUT2D eigenvalue weighted by Crippen LogP contribution is 2.26. The van der Waals surface area contributed by atoms with E-state index in [2.05, 4.69) is 27.4 Å². The van der Waals surface area contributed by atoms with Gasteiger partial charge in [-0.05, 0) is 38.7 Å². The highest BCUT2D eigenvalue weighted by atomic mass is 127. The monoisotopic (exact) mass is 520 g/mol. The summed E-state index contributed by atoms with van der Waals surface area (Å²) < 4.78 is 0. The molecule has 5 nitrogen and oxygen atoms in total. The zero-order chi connectivity index (χ0) is 19.1. The number of likely N-dealkylation sites (tertiary alicyclic amines) is 1. The maximum Gasteiger partial charge on any atom is 0.191 e. The van der Waals surface area contributed by atoms with Gasteiger partial charge in [-0.2, -0.15) is 0 Å². The molecule has 158 valence electrons. The standard InChI is InChI=1S/C21H33ClN4O.HI/c1-2-23-21(24-15-20(27)18-9-5-6-10-19(18)22)25-16-11-13-26(14-12-16)17-7-3-4-8-17;/h5-6,9-10,16-17,20,27H,2-4,7-8,11-15H2,1H3,(H2,23,24,25);1H. The van der Waals surface area contributed by atoms with Crippen molar-refractivity contribution in [3.8, 4) is 0 Å². The van der Waals surface area contributed by atoms with Gasteiger partial charge in [-0.15, -0.1) is 24.0 Å². The normalized spacial score (nSPS) is 20.6. The van der Waals surface area contributed by atoms with E-state index >= 15 is 0 Å². The maximum atomic E-state index is 10.4. The molecule has 3 rings (SSSR count). The first kappa shape index (κ1) is 23.7. The molecule has 0 aromatic heterocycles. The smallest absolute Gasteiger partial charge is 0.191 e. The number of piperidine rings is 1. The van der Waals surface area contributed by atoms with Gasteiger partial charge in [-0.25, -0.2) is 0 Å². The number of guanidine groups is 1. The minimum absolute atomic E-state index is 0. The van der Waals surface area contributed by atoms with Gasteiger partial charge in [0.1, 0.15) is 6.10 Å². The van der Waals surface area contributed by atoms with Crippen LogP contribution < -0.4 is 10.6 Å². The molecule has 28 heavy (non-hydrogen) atoms. The van der Waals surface area contributed by atoms with Crippen LogP contribution in [0.15, 0.2) is 29.3 Å². The Morgan fingerprint density at radius 3 is 2.54 bits per heavy atom. The molecule has 1 heterocycles. The summed E-state index contributed by atoms with van der Waals surface area (Å²) in [6.07, 6.45) is 7.15. The summed E-state index contributed by atoms with van der Waals surface area (Å²) in [5, 5.41) is 17.9. The quantitative estimate of drug-likeness (QED) is 0.302. The fraction of sp³-hybridized carbons (Fsp3) is 0.667. The van der Waals surface area contributed by atoms with Crippen molar-refractivity contribution in [1.29, 1.82) is 0 Å². The number of aliphatic imine (C=N–C) groups is 1. The first-order chi connectivity index (χ1) is 13.2. The molecule has 7 heteroatoms. The van der Waals surface area contributed by atoms with E-state index in [0.29, 0.717) is 17.6 Å². The average Bonchev–Trinajstić information content (AvgIpc) is 3.22. The minimum atomic E-state index is -0.696. The third-order valence-corrected chi connectivity index (χ3v) is 6.09. The molecule has 0 spiro atoms. The van der Waals surface area contributed by atoms with Crippen LogP contribution in [0.1, 0.15) is 57.1 Å². The fourth-order valence-electron chi connectivity index (χ4n) is 4.21. The second-order valence-electron chi connectivity index (χ2n) is 7.65. The second kappa shape index (κ2) is 12.2. The van der Waals surface area contributed by atoms with Gasteiger partial charge in [0, 0.05) is 42.3 Å². The van der Waals surface area contributed by atoms with Gasteiger partial charge in [0.2, 0.25) is 0 Å². The largest absolute Gasteiger partial charge is 0.386 e. The zero-order valence-electron chi connectivity index (χ0n) is 16.7. The van der Waals surface area contributed by atoms with Crippen LogP contribution in [0.2, 0.25) is 5.02 Å². The third-order valence-electron chi connectivity index (χ3n) is 5.74. The fourth-order valence-corrected chi connectivity index (χ4v) is 4.47. The first-order valence-corrected chi connectivity index (χ1v) is 10.8. The van der Waals surface area contributed by atoms with E-state index in [-0.39, 0.29) is 24.0 Å². The van der Waals surface area contributed by atoms with Crippen LogP contribution in [0.3, 0.4) is 0 Å². The number of benzene rings is 1. The lowest BCUT2D eigenvalue weighted by atomic mass is 10.0. The maximum absolute atomic E-state index is 10.4. The molecule has 0 amide bonds. The molecule has 1 saturated carbocycles. The van der Waals surface area contributed by atoms with Crippen LogP contribution in [0.5, 0.6) is 0 Å². The topological polar surface area (TPSA) is 59.9 Å². The van der Waals surface area contributed by atoms with Crippen LogP contribution in [0.25, 0.3) is 0 Å². The predicted molar refractivity (Wildman–Crippen MR) is 128 cm³/mol. The van der Waals surface area contributed by atoms with Gasteiger partial charge in [-0.1, -0.05) is 42.6 Å². The number of hydrogen-bond donors (Lipinski definition) is 3. The molecule has 1 saturated heterocycles. The molecule has 2 fully saturated rings. The molecule has 1 unspecified atom stereocenters. The Kier molecular flexibility index (Phi) is 10.3. The molecule has 0 radical (unpaired) electrons. The Bertz CT molecular complexity index is 616. The summed E-state index contributed by atoms with van der Waals surface area (Å²) in [7, 11) is 0. The van der Waals surface area contributed by atoms with Crippen LogP contribution in [-0.4, -0.2) is 54.2 Å². The number of hydrogen-bond acceptors (Lipinski definition) is 3. The van der Waals surface area contributed by atoms with Gasteiger partial charge in [0.25, 0.3) is 0 Å². The highest BCUT2D eigenvalue weighted by molar-refractivity contribution is 14.0. The molecule has 1 aromatic rings. The van der Waals surface area contributed by atoms with Gasteiger partial charge in [-0.3, -0.25) is 4.99 Å². The summed E-state index contributed by atoms with van der Waals surface area (Å²) in [4.78, 5) is 7.27. The number of aliphatic hydroxyl groups excluding tert-OH is 1. The Balaban J connectivity index is 0.00000280. The van der Waals surface area contributed by atoms with Crippen molar-refractivity contribution in [1.82, 2.24) is 15.5 Å². The molecule has 1 aromatic carbocycles. The average molecular weight is 521 g/mol. The van der Waals surface area contributed by atoms with Gasteiger partial charge in [0.05, 0.1) is 6.54 Å². The van der Waals surface area contributed by atoms with Crippen LogP contribution in [-0.2, 0) is 0 Å². The second-order valence-corrected chi connectivity index (χ2v) is 8.06. The van der Waals surface area contributed by atoms with E-state index < -0.39 is 6.10 Å². The van der Waals surface area contributed by atoms with Gasteiger partial charge >= 0.3 is 0 Å². The van der Waals surface area contributed by atoms with E-state index in [9.17, 15) is 5.11 Å². The molecular formula is C21H34ClIN4O. The first-order valence-electron chi connectivity index (χ1n) is 10.4. The molecule has 1 aliphatic heterocycles. The van der Waals surface area contributed by atoms with Crippen molar-refractivity contribution < 1.29 is 5.11 Å². The number of nitrogens with zero attached hydrogens (tertiary/aromatic N) is 2. The van der Waals surface area contributed by atoms with Crippen molar-refractivity contribution in [2.24, 2.45) is 4.99 Å². The van der Waals surface area contributed by atoms with Crippen LogP contribution in [0.4, 0.5) is 0 Å². The molecule has 1 aliphatic carbocycles. The summed E-state index contributed by atoms with van der Waals surface area (Å²) in [6.45, 7) is 5.49. The molecule has 0 bridgehead atoms. The summed E-state index contributed by atoms with van der Waals surface area (Å²) in [5.74, 6) is 0.780. The molecule has 2 aliphatic rings. The molecule has 1 atom stereocenters. The van der Waals surface area contributed by atoms with E-state index in [4.69, 9.17) is 11.6 Å². The molecular weight excluding hydrogens is 487 g/mol. The highest BCUT2D eigenvalue weighted by Gasteiger charge is 2.27. The summed E-state index contributed by atoms with van der Waals surface area (Å²) in [6, 6.07) is 8.66. The van der Waals surface area contributed by atoms with Crippen molar-refractivity contribution >= 4 is 41.5 Å². The Morgan fingerprint density at radius 2 is 1.89 bits per heavy atom. The lowest BCUT2D eigenvalue weighted by Crippen LogP contribution is -2.50. The Hall–Kier alpha value is -0.570. The van der Waals surface area contributed by atoms with Crippen molar-refractivity contribution in [2.45, 2.75) is 63.6 Å². The van der Waals surface area contributed by atoms with Crippen molar-refractivity contribution in [2.75, 3.05) is 26.2 Å². The SMILES string of the molecule is CCNC(=NCC(O)c1ccccc1Cl)NC1CCN(C2CCCC2)CC1.I. The minimum Gasteiger partial charge on any atom is -0.386 e. The number of nitrogens with one attached hydrogen (secondary N) is 2. The molecule has 3 N–H and O–H groups in total. The van der Waals surface area contributed by atoms with Gasteiger partial charge in [0.15, 0.2) is 5.96 Å². The lowest BCUT2D eigenvalue weighted by molar-refractivity contribution is 0.150. The predicted octanol–water partition coefficient (Wildman–Crippen LogP) is 3.95. The summed E-state index contributed by atoms with van der Waals surface area (Å²) >= 11 is 6.17. The number of rotatable bonds is 6. The van der Waals surface area contributed by atoms with Gasteiger partial charge < -0.3 is 20.6 Å². The van der Waals surface area contributed by atoms with E-state index in [0.717, 1.165) is 37.0 Å². The Labute approximate surface area is 191 Å². The van der Waals surface area contributed by atoms with E-state index in [1.165, 1.54) is 38.8 Å². The van der Waals surface area contributed by atoms with E-state index in [1.807, 2.05) is 18.2 Å². The number of halogens is 2.